The summed E-state index contributed by atoms with van der Waals surface area (Å²) in [6, 6.07) is 15.3. The van der Waals surface area contributed by atoms with Gasteiger partial charge < -0.3 is 4.90 Å². The van der Waals surface area contributed by atoms with E-state index in [0.29, 0.717) is 5.56 Å². The van der Waals surface area contributed by atoms with E-state index in [2.05, 4.69) is 31.2 Å². The number of hydrogen-bond donors (Lipinski definition) is 0. The van der Waals surface area contributed by atoms with Crippen LogP contribution in [0, 0.1) is 6.92 Å². The molecule has 0 spiro atoms. The number of sulfone groups is 1. The van der Waals surface area contributed by atoms with E-state index < -0.39 is 9.84 Å². The highest BCUT2D eigenvalue weighted by molar-refractivity contribution is 8.13. The standard InChI is InChI=1S/C21H22N2O3S2/c1-14-6-8-16(9-7-14)11-27-21-22-19-12-28(25,26)13-20(19)23(21)18-5-3-4-17(10-18)15(2)24/h3-10,19-20H,11-13H2,1-2H3/t19-,20+/m0/s1. The maximum absolute atomic E-state index is 12.2. The number of carbonyl (C=O) groups is 1. The summed E-state index contributed by atoms with van der Waals surface area (Å²) < 4.78 is 24.3. The van der Waals surface area contributed by atoms with Crippen molar-refractivity contribution in [3.63, 3.8) is 0 Å². The lowest BCUT2D eigenvalue weighted by molar-refractivity contribution is 0.101. The van der Waals surface area contributed by atoms with Crippen LogP contribution in [0.4, 0.5) is 5.69 Å². The number of ketones is 1. The number of aryl methyl sites for hydroxylation is 1. The molecule has 5 nitrogen and oxygen atoms in total. The van der Waals surface area contributed by atoms with Crippen LogP contribution in [0.3, 0.4) is 0 Å². The highest BCUT2D eigenvalue weighted by atomic mass is 32.2. The monoisotopic (exact) mass is 414 g/mol. The van der Waals surface area contributed by atoms with Crippen molar-refractivity contribution in [3.05, 3.63) is 65.2 Å². The molecule has 146 valence electrons. The van der Waals surface area contributed by atoms with Crippen molar-refractivity contribution in [1.29, 1.82) is 0 Å². The van der Waals surface area contributed by atoms with Gasteiger partial charge in [-0.05, 0) is 31.5 Å². The van der Waals surface area contributed by atoms with Gasteiger partial charge in [0.1, 0.15) is 0 Å². The number of rotatable bonds is 4. The van der Waals surface area contributed by atoms with Crippen molar-refractivity contribution in [2.75, 3.05) is 16.4 Å². The van der Waals surface area contributed by atoms with Gasteiger partial charge in [-0.25, -0.2) is 8.42 Å². The minimum absolute atomic E-state index is 0.0116. The molecule has 0 radical (unpaired) electrons. The molecule has 2 heterocycles. The molecule has 0 aliphatic carbocycles. The molecular weight excluding hydrogens is 392 g/mol. The minimum atomic E-state index is -3.09. The van der Waals surface area contributed by atoms with Crippen molar-refractivity contribution < 1.29 is 13.2 Å². The van der Waals surface area contributed by atoms with Gasteiger partial charge in [-0.1, -0.05) is 53.7 Å². The molecular formula is C21H22N2O3S2. The molecule has 0 aromatic heterocycles. The predicted octanol–water partition coefficient (Wildman–Crippen LogP) is 3.47. The Morgan fingerprint density at radius 2 is 1.93 bits per heavy atom. The number of amidine groups is 1. The van der Waals surface area contributed by atoms with Crippen LogP contribution >= 0.6 is 11.8 Å². The molecule has 2 aliphatic heterocycles. The lowest BCUT2D eigenvalue weighted by atomic mass is 10.1. The quantitative estimate of drug-likeness (QED) is 0.717. The van der Waals surface area contributed by atoms with Crippen LogP contribution in [0.25, 0.3) is 0 Å². The van der Waals surface area contributed by atoms with E-state index in [1.165, 1.54) is 18.1 Å². The molecule has 0 amide bonds. The van der Waals surface area contributed by atoms with Gasteiger partial charge >= 0.3 is 0 Å². The molecule has 0 bridgehead atoms. The number of fused-ring (bicyclic) bond motifs is 1. The molecule has 1 saturated heterocycles. The summed E-state index contributed by atoms with van der Waals surface area (Å²) in [4.78, 5) is 18.6. The average Bonchev–Trinajstić information content (AvgIpc) is 3.12. The number of thioether (sulfide) groups is 1. The number of benzene rings is 2. The summed E-state index contributed by atoms with van der Waals surface area (Å²) in [5.41, 5.74) is 3.85. The van der Waals surface area contributed by atoms with E-state index >= 15 is 0 Å². The second-order valence-corrected chi connectivity index (χ2v) is 10.5. The Kier molecular flexibility index (Phi) is 5.05. The topological polar surface area (TPSA) is 66.8 Å². The Morgan fingerprint density at radius 3 is 2.64 bits per heavy atom. The second-order valence-electron chi connectivity index (χ2n) is 7.37. The fourth-order valence-electron chi connectivity index (χ4n) is 3.64. The number of Topliss-reactive ketones (excluding diaryl/α,β-unsaturated/α-hetero) is 1. The van der Waals surface area contributed by atoms with Crippen LogP contribution in [-0.4, -0.2) is 43.0 Å². The SMILES string of the molecule is CC(=O)c1cccc(N2C(SCc3ccc(C)cc3)=N[C@H]3CS(=O)(=O)C[C@H]32)c1. The van der Waals surface area contributed by atoms with E-state index in [-0.39, 0.29) is 29.4 Å². The smallest absolute Gasteiger partial charge is 0.164 e. The summed E-state index contributed by atoms with van der Waals surface area (Å²) >= 11 is 1.61. The fourth-order valence-corrected chi connectivity index (χ4v) is 6.56. The molecule has 0 unspecified atom stereocenters. The van der Waals surface area contributed by atoms with Gasteiger partial charge in [0.15, 0.2) is 20.8 Å². The Morgan fingerprint density at radius 1 is 1.18 bits per heavy atom. The maximum atomic E-state index is 12.2. The molecule has 0 N–H and O–H groups in total. The Balaban J connectivity index is 1.64. The van der Waals surface area contributed by atoms with Crippen molar-refractivity contribution in [2.45, 2.75) is 31.7 Å². The Labute approximate surface area is 169 Å². The van der Waals surface area contributed by atoms with E-state index in [1.807, 2.05) is 23.1 Å². The van der Waals surface area contributed by atoms with Gasteiger partial charge in [-0.15, -0.1) is 0 Å². The largest absolute Gasteiger partial charge is 0.315 e. The van der Waals surface area contributed by atoms with Crippen molar-refractivity contribution in [3.8, 4) is 0 Å². The molecule has 4 rings (SSSR count). The normalized spacial score (nSPS) is 22.8. The van der Waals surface area contributed by atoms with Gasteiger partial charge in [0.25, 0.3) is 0 Å². The number of nitrogens with zero attached hydrogens (tertiary/aromatic N) is 2. The molecule has 7 heteroatoms. The highest BCUT2D eigenvalue weighted by Crippen LogP contribution is 2.36. The lowest BCUT2D eigenvalue weighted by Crippen LogP contribution is -2.39. The molecule has 2 aromatic carbocycles. The molecule has 2 atom stereocenters. The summed E-state index contributed by atoms with van der Waals surface area (Å²) in [6.45, 7) is 3.59. The first-order chi connectivity index (χ1) is 13.3. The second kappa shape index (κ2) is 7.37. The van der Waals surface area contributed by atoms with Crippen LogP contribution in [0.2, 0.25) is 0 Å². The van der Waals surface area contributed by atoms with E-state index in [1.54, 1.807) is 17.8 Å². The molecule has 2 aromatic rings. The zero-order valence-corrected chi connectivity index (χ0v) is 17.5. The first-order valence-electron chi connectivity index (χ1n) is 9.19. The van der Waals surface area contributed by atoms with E-state index in [4.69, 9.17) is 4.99 Å². The third kappa shape index (κ3) is 3.86. The number of carbonyl (C=O) groups excluding carboxylic acids is 1. The average molecular weight is 415 g/mol. The molecule has 2 aliphatic rings. The first-order valence-corrected chi connectivity index (χ1v) is 12.0. The molecule has 1 fully saturated rings. The Bertz CT molecular complexity index is 1050. The fraction of sp³-hybridized carbons (Fsp3) is 0.333. The lowest BCUT2D eigenvalue weighted by Gasteiger charge is -2.26. The molecule has 0 saturated carbocycles. The van der Waals surface area contributed by atoms with Crippen molar-refractivity contribution in [2.24, 2.45) is 4.99 Å². The van der Waals surface area contributed by atoms with Crippen LogP contribution < -0.4 is 4.90 Å². The van der Waals surface area contributed by atoms with Crippen LogP contribution in [-0.2, 0) is 15.6 Å². The number of hydrogen-bond acceptors (Lipinski definition) is 6. The Hall–Kier alpha value is -2.12. The zero-order chi connectivity index (χ0) is 19.9. The van der Waals surface area contributed by atoms with Crippen molar-refractivity contribution in [1.82, 2.24) is 0 Å². The third-order valence-electron chi connectivity index (χ3n) is 5.13. The summed E-state index contributed by atoms with van der Waals surface area (Å²) in [6.07, 6.45) is 0. The van der Waals surface area contributed by atoms with Crippen LogP contribution in [0.5, 0.6) is 0 Å². The van der Waals surface area contributed by atoms with Crippen LogP contribution in [0.1, 0.15) is 28.4 Å². The minimum Gasteiger partial charge on any atom is -0.315 e. The zero-order valence-electron chi connectivity index (χ0n) is 15.8. The predicted molar refractivity (Wildman–Crippen MR) is 115 cm³/mol. The van der Waals surface area contributed by atoms with Gasteiger partial charge in [0.2, 0.25) is 0 Å². The van der Waals surface area contributed by atoms with Gasteiger partial charge in [-0.2, -0.15) is 0 Å². The molecule has 28 heavy (non-hydrogen) atoms. The summed E-state index contributed by atoms with van der Waals surface area (Å²) in [7, 11) is -3.09. The van der Waals surface area contributed by atoms with Gasteiger partial charge in [-0.3, -0.25) is 9.79 Å². The number of aliphatic imine (C=N–C) groups is 1. The van der Waals surface area contributed by atoms with Gasteiger partial charge in [0.05, 0.1) is 23.6 Å². The van der Waals surface area contributed by atoms with E-state index in [9.17, 15) is 13.2 Å². The summed E-state index contributed by atoms with van der Waals surface area (Å²) in [5.74, 6) is 0.936. The number of anilines is 1. The van der Waals surface area contributed by atoms with Crippen molar-refractivity contribution >= 4 is 38.2 Å². The first kappa shape index (κ1) is 19.2. The summed E-state index contributed by atoms with van der Waals surface area (Å²) in [5, 5.41) is 0.825. The van der Waals surface area contributed by atoms with Crippen LogP contribution in [0.15, 0.2) is 53.5 Å². The maximum Gasteiger partial charge on any atom is 0.164 e. The van der Waals surface area contributed by atoms with E-state index in [0.717, 1.165) is 16.6 Å². The highest BCUT2D eigenvalue weighted by Gasteiger charge is 2.47. The third-order valence-corrected chi connectivity index (χ3v) is 7.86. The van der Waals surface area contributed by atoms with Gasteiger partial charge in [0, 0.05) is 17.0 Å².